The summed E-state index contributed by atoms with van der Waals surface area (Å²) in [6.07, 6.45) is 13.1. The molecule has 0 aromatic carbocycles. The number of allylic oxidation sites excluding steroid dienone is 5. The highest BCUT2D eigenvalue weighted by molar-refractivity contribution is 5.96. The number of hydrogen-bond donors (Lipinski definition) is 0. The number of carbonyl (C=O) groups is 1. The average molecular weight is 218 g/mol. The summed E-state index contributed by atoms with van der Waals surface area (Å²) in [5.74, 6) is 0.170. The van der Waals surface area contributed by atoms with Crippen LogP contribution in [0.3, 0.4) is 0 Å². The van der Waals surface area contributed by atoms with Crippen LogP contribution in [0.1, 0.15) is 46.0 Å². The lowest BCUT2D eigenvalue weighted by Gasteiger charge is -2.29. The highest BCUT2D eigenvalue weighted by Crippen LogP contribution is 2.36. The van der Waals surface area contributed by atoms with Crippen molar-refractivity contribution in [3.63, 3.8) is 0 Å². The van der Waals surface area contributed by atoms with E-state index in [0.29, 0.717) is 0 Å². The summed E-state index contributed by atoms with van der Waals surface area (Å²) in [4.78, 5) is 12.0. The maximum Gasteiger partial charge on any atom is 0.165 e. The fourth-order valence-electron chi connectivity index (χ4n) is 2.16. The molecule has 0 amide bonds. The Kier molecular flexibility index (Phi) is 4.72. The van der Waals surface area contributed by atoms with Crippen LogP contribution in [0, 0.1) is 5.41 Å². The molecule has 1 heteroatoms. The van der Waals surface area contributed by atoms with Crippen molar-refractivity contribution >= 4 is 5.78 Å². The minimum atomic E-state index is -0.295. The molecule has 0 saturated heterocycles. The molecule has 16 heavy (non-hydrogen) atoms. The highest BCUT2D eigenvalue weighted by Gasteiger charge is 2.33. The van der Waals surface area contributed by atoms with Crippen molar-refractivity contribution in [2.24, 2.45) is 5.41 Å². The molecule has 0 bridgehead atoms. The molecule has 0 aromatic heterocycles. The van der Waals surface area contributed by atoms with Crippen molar-refractivity contribution in [2.45, 2.75) is 46.0 Å². The van der Waals surface area contributed by atoms with Gasteiger partial charge in [0.1, 0.15) is 0 Å². The molecule has 1 unspecified atom stereocenters. The Balaban J connectivity index is 2.75. The smallest absolute Gasteiger partial charge is 0.165 e. The van der Waals surface area contributed by atoms with Gasteiger partial charge in [-0.2, -0.15) is 0 Å². The van der Waals surface area contributed by atoms with Gasteiger partial charge < -0.3 is 0 Å². The highest BCUT2D eigenvalue weighted by atomic mass is 16.1. The van der Waals surface area contributed by atoms with Crippen molar-refractivity contribution in [1.29, 1.82) is 0 Å². The number of unbranched alkanes of at least 4 members (excludes halogenated alkanes) is 2. The lowest BCUT2D eigenvalue weighted by Crippen LogP contribution is -2.28. The van der Waals surface area contributed by atoms with Crippen molar-refractivity contribution in [1.82, 2.24) is 0 Å². The van der Waals surface area contributed by atoms with Gasteiger partial charge in [0.2, 0.25) is 0 Å². The minimum absolute atomic E-state index is 0.170. The van der Waals surface area contributed by atoms with Gasteiger partial charge in [-0.05, 0) is 25.8 Å². The van der Waals surface area contributed by atoms with E-state index in [1.54, 1.807) is 0 Å². The summed E-state index contributed by atoms with van der Waals surface area (Å²) in [5, 5.41) is 0. The molecule has 1 nitrogen and oxygen atoms in total. The van der Waals surface area contributed by atoms with Crippen molar-refractivity contribution in [3.05, 3.63) is 36.5 Å². The Hall–Kier alpha value is -1.11. The maximum absolute atomic E-state index is 12.0. The number of ketones is 1. The van der Waals surface area contributed by atoms with Gasteiger partial charge in [0.05, 0.1) is 5.41 Å². The summed E-state index contributed by atoms with van der Waals surface area (Å²) in [6.45, 7) is 7.88. The molecule has 0 N–H and O–H groups in total. The van der Waals surface area contributed by atoms with E-state index in [9.17, 15) is 4.79 Å². The van der Waals surface area contributed by atoms with Gasteiger partial charge in [-0.15, -0.1) is 0 Å². The molecule has 1 aliphatic carbocycles. The first-order chi connectivity index (χ1) is 7.64. The molecule has 0 aromatic rings. The first-order valence-electron chi connectivity index (χ1n) is 6.17. The van der Waals surface area contributed by atoms with Gasteiger partial charge in [0.15, 0.2) is 5.78 Å². The molecular weight excluding hydrogens is 196 g/mol. The van der Waals surface area contributed by atoms with Crippen LogP contribution in [0.5, 0.6) is 0 Å². The zero-order chi connectivity index (χ0) is 12.0. The van der Waals surface area contributed by atoms with Crippen LogP contribution < -0.4 is 0 Å². The van der Waals surface area contributed by atoms with Crippen molar-refractivity contribution < 1.29 is 4.79 Å². The SMILES string of the molecule is C=CC(=O)C1(CCCCC)C=CC(C)=CC1. The van der Waals surface area contributed by atoms with E-state index in [1.807, 2.05) is 0 Å². The largest absolute Gasteiger partial charge is 0.294 e. The fourth-order valence-corrected chi connectivity index (χ4v) is 2.16. The van der Waals surface area contributed by atoms with Gasteiger partial charge in [-0.25, -0.2) is 0 Å². The third-order valence-corrected chi connectivity index (χ3v) is 3.36. The third-order valence-electron chi connectivity index (χ3n) is 3.36. The molecule has 1 aliphatic rings. The Bertz CT molecular complexity index is 322. The number of carbonyl (C=O) groups excluding carboxylic acids is 1. The van der Waals surface area contributed by atoms with Gasteiger partial charge in [-0.3, -0.25) is 4.79 Å². The summed E-state index contributed by atoms with van der Waals surface area (Å²) in [7, 11) is 0. The van der Waals surface area contributed by atoms with Crippen molar-refractivity contribution in [3.8, 4) is 0 Å². The van der Waals surface area contributed by atoms with E-state index in [2.05, 4.69) is 38.7 Å². The monoisotopic (exact) mass is 218 g/mol. The average Bonchev–Trinajstić information content (AvgIpc) is 2.31. The predicted octanol–water partition coefficient (Wildman–Crippen LogP) is 4.21. The topological polar surface area (TPSA) is 17.1 Å². The first-order valence-corrected chi connectivity index (χ1v) is 6.17. The summed E-state index contributed by atoms with van der Waals surface area (Å²) in [6, 6.07) is 0. The van der Waals surface area contributed by atoms with Crippen LogP contribution >= 0.6 is 0 Å². The van der Waals surface area contributed by atoms with E-state index in [-0.39, 0.29) is 11.2 Å². The fraction of sp³-hybridized carbons (Fsp3) is 0.533. The Morgan fingerprint density at radius 3 is 2.81 bits per heavy atom. The van der Waals surface area contributed by atoms with Crippen LogP contribution in [-0.2, 0) is 4.79 Å². The van der Waals surface area contributed by atoms with Gasteiger partial charge >= 0.3 is 0 Å². The zero-order valence-electron chi connectivity index (χ0n) is 10.5. The molecule has 1 atom stereocenters. The molecular formula is C15H22O. The van der Waals surface area contributed by atoms with Gasteiger partial charge in [-0.1, -0.05) is 56.6 Å². The molecule has 0 fully saturated rings. The van der Waals surface area contributed by atoms with Crippen LogP contribution in [0.25, 0.3) is 0 Å². The lowest BCUT2D eigenvalue weighted by atomic mass is 9.73. The number of rotatable bonds is 6. The number of hydrogen-bond acceptors (Lipinski definition) is 1. The zero-order valence-corrected chi connectivity index (χ0v) is 10.5. The van der Waals surface area contributed by atoms with Crippen LogP contribution in [0.15, 0.2) is 36.5 Å². The lowest BCUT2D eigenvalue weighted by molar-refractivity contribution is -0.121. The predicted molar refractivity (Wildman–Crippen MR) is 69.3 cm³/mol. The molecule has 1 rings (SSSR count). The first kappa shape index (κ1) is 13.0. The van der Waals surface area contributed by atoms with Crippen LogP contribution in [-0.4, -0.2) is 5.78 Å². The molecule has 0 heterocycles. The van der Waals surface area contributed by atoms with E-state index in [0.717, 1.165) is 19.3 Å². The quantitative estimate of drug-likeness (QED) is 0.482. The van der Waals surface area contributed by atoms with Gasteiger partial charge in [0.25, 0.3) is 0 Å². The summed E-state index contributed by atoms with van der Waals surface area (Å²) < 4.78 is 0. The molecule has 0 radical (unpaired) electrons. The minimum Gasteiger partial charge on any atom is -0.294 e. The molecule has 0 aliphatic heterocycles. The third kappa shape index (κ3) is 2.94. The molecule has 88 valence electrons. The Morgan fingerprint density at radius 2 is 2.31 bits per heavy atom. The van der Waals surface area contributed by atoms with E-state index >= 15 is 0 Å². The van der Waals surface area contributed by atoms with Crippen LogP contribution in [0.4, 0.5) is 0 Å². The van der Waals surface area contributed by atoms with Gasteiger partial charge in [0, 0.05) is 0 Å². The normalized spacial score (nSPS) is 24.0. The maximum atomic E-state index is 12.0. The standard InChI is InChI=1S/C15H22O/c1-4-6-7-10-15(14(16)5-2)11-8-13(3)9-12-15/h5,8-9,11H,2,4,6-7,10,12H2,1,3H3. The molecule has 0 saturated carbocycles. The van der Waals surface area contributed by atoms with E-state index in [4.69, 9.17) is 0 Å². The van der Waals surface area contributed by atoms with E-state index in [1.165, 1.54) is 24.5 Å². The second kappa shape index (κ2) is 5.83. The second-order valence-corrected chi connectivity index (χ2v) is 4.67. The van der Waals surface area contributed by atoms with Crippen molar-refractivity contribution in [2.75, 3.05) is 0 Å². The van der Waals surface area contributed by atoms with E-state index < -0.39 is 0 Å². The second-order valence-electron chi connectivity index (χ2n) is 4.67. The Morgan fingerprint density at radius 1 is 1.56 bits per heavy atom. The summed E-state index contributed by atoms with van der Waals surface area (Å²) >= 11 is 0. The Labute approximate surface area is 98.9 Å². The molecule has 0 spiro atoms. The summed E-state index contributed by atoms with van der Waals surface area (Å²) in [5.41, 5.74) is 0.958. The van der Waals surface area contributed by atoms with Crippen LogP contribution in [0.2, 0.25) is 0 Å².